The summed E-state index contributed by atoms with van der Waals surface area (Å²) in [6.07, 6.45) is 0.801. The molecule has 6 heteroatoms. The zero-order chi connectivity index (χ0) is 13.7. The summed E-state index contributed by atoms with van der Waals surface area (Å²) >= 11 is 1.57. The predicted octanol–water partition coefficient (Wildman–Crippen LogP) is 2.69. The molecule has 0 atom stereocenters. The van der Waals surface area contributed by atoms with Gasteiger partial charge in [0.2, 0.25) is 5.16 Å². The molecule has 0 unspecified atom stereocenters. The molecule has 0 aliphatic heterocycles. The van der Waals surface area contributed by atoms with Crippen molar-refractivity contribution in [3.8, 4) is 11.8 Å². The minimum atomic E-state index is -0.308. The van der Waals surface area contributed by atoms with Gasteiger partial charge in [0, 0.05) is 5.75 Å². The highest BCUT2D eigenvalue weighted by atomic mass is 32.2. The van der Waals surface area contributed by atoms with Crippen LogP contribution in [0.4, 0.5) is 0 Å². The molecular weight excluding hydrogens is 258 g/mol. The van der Waals surface area contributed by atoms with Crippen LogP contribution in [0.15, 0.2) is 35.5 Å². The molecule has 0 aliphatic rings. The van der Waals surface area contributed by atoms with Crippen LogP contribution in [0.2, 0.25) is 0 Å². The number of rotatable bonds is 5. The van der Waals surface area contributed by atoms with Crippen molar-refractivity contribution >= 4 is 11.8 Å². The van der Waals surface area contributed by atoms with Gasteiger partial charge in [-0.15, -0.1) is 5.10 Å². The number of hydrogen-bond donors (Lipinski definition) is 0. The second kappa shape index (κ2) is 5.85. The van der Waals surface area contributed by atoms with Gasteiger partial charge in [0.25, 0.3) is 0 Å². The Labute approximate surface area is 116 Å². The molecule has 0 N–H and O–H groups in total. The van der Waals surface area contributed by atoms with Gasteiger partial charge < -0.3 is 0 Å². The molecule has 1 aromatic heterocycles. The maximum Gasteiger partial charge on any atom is 0.214 e. The molecule has 0 saturated carbocycles. The van der Waals surface area contributed by atoms with Gasteiger partial charge in [0.05, 0.1) is 17.2 Å². The van der Waals surface area contributed by atoms with Gasteiger partial charge >= 0.3 is 0 Å². The van der Waals surface area contributed by atoms with Crippen LogP contribution in [-0.4, -0.2) is 26.0 Å². The van der Waals surface area contributed by atoms with Gasteiger partial charge in [-0.25, -0.2) is 0 Å². The molecule has 0 bridgehead atoms. The first-order valence-electron chi connectivity index (χ1n) is 6.00. The van der Waals surface area contributed by atoms with Gasteiger partial charge in [-0.3, -0.25) is 0 Å². The molecule has 0 aliphatic carbocycles. The fourth-order valence-corrected chi connectivity index (χ4v) is 2.61. The van der Waals surface area contributed by atoms with E-state index in [9.17, 15) is 0 Å². The van der Waals surface area contributed by atoms with E-state index in [1.807, 2.05) is 44.2 Å². The molecule has 1 aromatic carbocycles. The number of thioether (sulfide) groups is 1. The van der Waals surface area contributed by atoms with Crippen molar-refractivity contribution in [1.29, 1.82) is 5.26 Å². The molecule has 98 valence electrons. The van der Waals surface area contributed by atoms with Crippen LogP contribution in [0.1, 0.15) is 20.3 Å². The van der Waals surface area contributed by atoms with Crippen LogP contribution in [0, 0.1) is 16.7 Å². The van der Waals surface area contributed by atoms with E-state index in [1.54, 1.807) is 16.4 Å². The molecule has 0 radical (unpaired) electrons. The van der Waals surface area contributed by atoms with E-state index in [0.29, 0.717) is 0 Å². The molecule has 19 heavy (non-hydrogen) atoms. The Morgan fingerprint density at radius 1 is 1.32 bits per heavy atom. The normalized spacial score (nSPS) is 11.2. The molecule has 1 heterocycles. The summed E-state index contributed by atoms with van der Waals surface area (Å²) in [5.74, 6) is 0.813. The summed E-state index contributed by atoms with van der Waals surface area (Å²) in [4.78, 5) is 0. The largest absolute Gasteiger partial charge is 0.214 e. The summed E-state index contributed by atoms with van der Waals surface area (Å²) in [5.41, 5.74) is 0.632. The second-order valence-corrected chi connectivity index (χ2v) is 5.87. The first-order chi connectivity index (χ1) is 9.12. The smallest absolute Gasteiger partial charge is 0.198 e. The molecule has 2 rings (SSSR count). The van der Waals surface area contributed by atoms with Crippen molar-refractivity contribution in [3.05, 3.63) is 30.3 Å². The fourth-order valence-electron chi connectivity index (χ4n) is 1.45. The standard InChI is InChI=1S/C13H15N5S/c1-13(2,10-14)8-9-19-12-15-16-17-18(12)11-6-4-3-5-7-11/h3-7H,8-9H2,1-2H3. The van der Waals surface area contributed by atoms with E-state index >= 15 is 0 Å². The minimum absolute atomic E-state index is 0.308. The molecule has 0 fully saturated rings. The van der Waals surface area contributed by atoms with Crippen LogP contribution >= 0.6 is 11.8 Å². The Kier molecular flexibility index (Phi) is 4.17. The monoisotopic (exact) mass is 273 g/mol. The maximum absolute atomic E-state index is 8.98. The Morgan fingerprint density at radius 2 is 2.05 bits per heavy atom. The summed E-state index contributed by atoms with van der Waals surface area (Å²) in [7, 11) is 0. The first kappa shape index (κ1) is 13.6. The summed E-state index contributed by atoms with van der Waals surface area (Å²) in [6, 6.07) is 12.1. The third kappa shape index (κ3) is 3.55. The molecule has 5 nitrogen and oxygen atoms in total. The number of nitrogens with zero attached hydrogens (tertiary/aromatic N) is 5. The number of tetrazole rings is 1. The molecule has 2 aromatic rings. The summed E-state index contributed by atoms with van der Waals surface area (Å²) in [5, 5.41) is 21.5. The quantitative estimate of drug-likeness (QED) is 0.783. The van der Waals surface area contributed by atoms with Crippen molar-refractivity contribution in [2.45, 2.75) is 25.4 Å². The van der Waals surface area contributed by atoms with Gasteiger partial charge in [0.1, 0.15) is 0 Å². The molecule has 0 spiro atoms. The summed E-state index contributed by atoms with van der Waals surface area (Å²) in [6.45, 7) is 3.88. The van der Waals surface area contributed by atoms with E-state index in [4.69, 9.17) is 5.26 Å². The zero-order valence-electron chi connectivity index (χ0n) is 10.9. The van der Waals surface area contributed by atoms with Crippen LogP contribution in [0.5, 0.6) is 0 Å². The van der Waals surface area contributed by atoms with Crippen molar-refractivity contribution in [1.82, 2.24) is 20.2 Å². The number of hydrogen-bond acceptors (Lipinski definition) is 5. The van der Waals surface area contributed by atoms with Crippen molar-refractivity contribution in [3.63, 3.8) is 0 Å². The Balaban J connectivity index is 2.04. The van der Waals surface area contributed by atoms with Crippen LogP contribution < -0.4 is 0 Å². The zero-order valence-corrected chi connectivity index (χ0v) is 11.8. The number of nitriles is 1. The van der Waals surface area contributed by atoms with E-state index in [-0.39, 0.29) is 5.41 Å². The third-order valence-electron chi connectivity index (χ3n) is 2.70. The predicted molar refractivity (Wildman–Crippen MR) is 73.9 cm³/mol. The number of benzene rings is 1. The lowest BCUT2D eigenvalue weighted by Gasteiger charge is -2.13. The number of aromatic nitrogens is 4. The van der Waals surface area contributed by atoms with Crippen molar-refractivity contribution in [2.24, 2.45) is 5.41 Å². The van der Waals surface area contributed by atoms with Crippen LogP contribution in [-0.2, 0) is 0 Å². The highest BCUT2D eigenvalue weighted by Crippen LogP contribution is 2.25. The van der Waals surface area contributed by atoms with E-state index < -0.39 is 0 Å². The van der Waals surface area contributed by atoms with Crippen molar-refractivity contribution < 1.29 is 0 Å². The van der Waals surface area contributed by atoms with E-state index in [1.165, 1.54) is 0 Å². The van der Waals surface area contributed by atoms with Gasteiger partial charge in [0.15, 0.2) is 0 Å². The molecule has 0 saturated heterocycles. The highest BCUT2D eigenvalue weighted by molar-refractivity contribution is 7.99. The van der Waals surface area contributed by atoms with Gasteiger partial charge in [-0.05, 0) is 42.8 Å². The highest BCUT2D eigenvalue weighted by Gasteiger charge is 2.17. The Bertz CT molecular complexity index is 570. The topological polar surface area (TPSA) is 67.4 Å². The molecular formula is C13H15N5S. The second-order valence-electron chi connectivity index (χ2n) is 4.80. The maximum atomic E-state index is 8.98. The van der Waals surface area contributed by atoms with Crippen molar-refractivity contribution in [2.75, 3.05) is 5.75 Å². The average Bonchev–Trinajstić information content (AvgIpc) is 2.88. The first-order valence-corrected chi connectivity index (χ1v) is 6.99. The lowest BCUT2D eigenvalue weighted by atomic mass is 9.93. The van der Waals surface area contributed by atoms with Gasteiger partial charge in [-0.1, -0.05) is 30.0 Å². The van der Waals surface area contributed by atoms with Crippen LogP contribution in [0.3, 0.4) is 0 Å². The number of para-hydroxylation sites is 1. The lowest BCUT2D eigenvalue weighted by molar-refractivity contribution is 0.481. The SMILES string of the molecule is CC(C)(C#N)CCSc1nnnn1-c1ccccc1. The van der Waals surface area contributed by atoms with Gasteiger partial charge in [-0.2, -0.15) is 9.94 Å². The fraction of sp³-hybridized carbons (Fsp3) is 0.385. The summed E-state index contributed by atoms with van der Waals surface area (Å²) < 4.78 is 1.71. The Morgan fingerprint density at radius 3 is 2.74 bits per heavy atom. The lowest BCUT2D eigenvalue weighted by Crippen LogP contribution is -2.09. The van der Waals surface area contributed by atoms with Crippen LogP contribution in [0.25, 0.3) is 5.69 Å². The Hall–Kier alpha value is -1.87. The molecule has 0 amide bonds. The minimum Gasteiger partial charge on any atom is -0.198 e. The third-order valence-corrected chi connectivity index (χ3v) is 3.62. The van der Waals surface area contributed by atoms with E-state index in [2.05, 4.69) is 21.6 Å². The average molecular weight is 273 g/mol. The van der Waals surface area contributed by atoms with E-state index in [0.717, 1.165) is 23.0 Å².